The van der Waals surface area contributed by atoms with Gasteiger partial charge in [-0.3, -0.25) is 9.55 Å². The minimum Gasteiger partial charge on any atom is -0.262 e. The third-order valence-corrected chi connectivity index (χ3v) is 8.39. The maximum atomic E-state index is 5.10. The van der Waals surface area contributed by atoms with Gasteiger partial charge < -0.3 is 0 Å². The molecule has 0 fully saturated rings. The first-order valence-electron chi connectivity index (χ1n) is 14.8. The first-order chi connectivity index (χ1) is 22.8. The topological polar surface area (TPSA) is 113 Å². The summed E-state index contributed by atoms with van der Waals surface area (Å²) in [7, 11) is 0. The summed E-state index contributed by atoms with van der Waals surface area (Å²) >= 11 is 0. The molecule has 46 heavy (non-hydrogen) atoms. The summed E-state index contributed by atoms with van der Waals surface area (Å²) in [5.74, 6) is 1.18. The van der Waals surface area contributed by atoms with E-state index in [1.54, 1.807) is 24.8 Å². The second-order valence-corrected chi connectivity index (χ2v) is 11.0. The predicted octanol–water partition coefficient (Wildman–Crippen LogP) is 7.01. The molecule has 214 valence electrons. The lowest BCUT2D eigenvalue weighted by atomic mass is 10.1. The Kier molecular flexibility index (Phi) is 5.06. The Morgan fingerprint density at radius 2 is 0.935 bits per heavy atom. The van der Waals surface area contributed by atoms with Crippen LogP contribution in [0.2, 0.25) is 0 Å². The van der Waals surface area contributed by atoms with Gasteiger partial charge in [-0.1, -0.05) is 42.5 Å². The minimum atomic E-state index is 0.372. The Labute approximate surface area is 259 Å². The third-order valence-electron chi connectivity index (χ3n) is 8.39. The Bertz CT molecular complexity index is 2600. The second-order valence-electron chi connectivity index (χ2n) is 11.0. The molecule has 0 bridgehead atoms. The van der Waals surface area contributed by atoms with Crippen molar-refractivity contribution in [1.29, 1.82) is 0 Å². The number of fused-ring (bicyclic) bond motifs is 9. The van der Waals surface area contributed by atoms with Crippen molar-refractivity contribution in [3.05, 3.63) is 122 Å². The summed E-state index contributed by atoms with van der Waals surface area (Å²) in [6, 6.07) is 32.1. The zero-order valence-corrected chi connectivity index (χ0v) is 24.0. The smallest absolute Gasteiger partial charge is 0.242 e. The molecule has 0 N–H and O–H groups in total. The Morgan fingerprint density at radius 1 is 0.391 bits per heavy atom. The highest BCUT2D eigenvalue weighted by Gasteiger charge is 2.22. The van der Waals surface area contributed by atoms with Gasteiger partial charge in [0, 0.05) is 57.1 Å². The summed E-state index contributed by atoms with van der Waals surface area (Å²) in [6.07, 6.45) is 7.10. The van der Waals surface area contributed by atoms with Crippen molar-refractivity contribution in [3.63, 3.8) is 0 Å². The quantitative estimate of drug-likeness (QED) is 0.201. The number of pyridine rings is 5. The third kappa shape index (κ3) is 3.52. The average molecular weight is 593 g/mol. The Balaban J connectivity index is 1.32. The van der Waals surface area contributed by atoms with E-state index in [-0.39, 0.29) is 0 Å². The summed E-state index contributed by atoms with van der Waals surface area (Å²) in [6.45, 7) is 0. The highest BCUT2D eigenvalue weighted by molar-refractivity contribution is 6.08. The molecule has 0 aliphatic rings. The lowest BCUT2D eigenvalue weighted by Crippen LogP contribution is -2.11. The van der Waals surface area contributed by atoms with Crippen LogP contribution in [0, 0.1) is 0 Å². The van der Waals surface area contributed by atoms with Crippen LogP contribution in [-0.2, 0) is 0 Å². The first-order valence-corrected chi connectivity index (χ1v) is 14.8. The largest absolute Gasteiger partial charge is 0.262 e. The number of para-hydroxylation sites is 1. The van der Waals surface area contributed by atoms with Crippen molar-refractivity contribution in [2.75, 3.05) is 0 Å². The normalized spacial score (nSPS) is 11.9. The van der Waals surface area contributed by atoms with Gasteiger partial charge >= 0.3 is 0 Å². The molecule has 10 rings (SSSR count). The lowest BCUT2D eigenvalue weighted by molar-refractivity contribution is 0.877. The van der Waals surface area contributed by atoms with Crippen molar-refractivity contribution < 1.29 is 0 Å². The van der Waals surface area contributed by atoms with E-state index in [0.717, 1.165) is 54.5 Å². The molecule has 0 atom stereocenters. The molecule has 0 spiro atoms. The molecule has 10 aromatic rings. The van der Waals surface area contributed by atoms with E-state index in [0.29, 0.717) is 34.7 Å². The highest BCUT2D eigenvalue weighted by Crippen LogP contribution is 2.33. The fourth-order valence-electron chi connectivity index (χ4n) is 6.38. The maximum absolute atomic E-state index is 5.10. The van der Waals surface area contributed by atoms with Crippen LogP contribution in [0.25, 0.3) is 89.2 Å². The standard InChI is InChI=1S/C36H20N10/c1-2-12-28-23(8-1)24-9-4-18-38-32(24)45(28)35-42-31(27-16-15-22-14-13-21-7-3-17-37-29(21)30(22)41-27)43-36(44-35)46-33-25(10-5-19-39-33)26-11-6-20-40-34(26)46/h1-20H. The predicted molar refractivity (Wildman–Crippen MR) is 178 cm³/mol. The van der Waals surface area contributed by atoms with Gasteiger partial charge in [0.1, 0.15) is 22.6 Å². The van der Waals surface area contributed by atoms with E-state index in [1.807, 2.05) is 75.9 Å². The van der Waals surface area contributed by atoms with E-state index in [1.165, 1.54) is 0 Å². The van der Waals surface area contributed by atoms with E-state index in [2.05, 4.69) is 35.3 Å². The van der Waals surface area contributed by atoms with Crippen LogP contribution in [0.5, 0.6) is 0 Å². The van der Waals surface area contributed by atoms with E-state index in [4.69, 9.17) is 34.9 Å². The second kappa shape index (κ2) is 9.41. The zero-order chi connectivity index (χ0) is 30.2. The molecule has 0 amide bonds. The van der Waals surface area contributed by atoms with Crippen molar-refractivity contribution in [3.8, 4) is 23.4 Å². The summed E-state index contributed by atoms with van der Waals surface area (Å²) in [5, 5.41) is 5.95. The molecule has 10 nitrogen and oxygen atoms in total. The zero-order valence-electron chi connectivity index (χ0n) is 24.0. The molecule has 0 aliphatic heterocycles. The highest BCUT2D eigenvalue weighted by atomic mass is 15.3. The van der Waals surface area contributed by atoms with Gasteiger partial charge in [0.05, 0.1) is 16.6 Å². The maximum Gasteiger partial charge on any atom is 0.242 e. The fraction of sp³-hybridized carbons (Fsp3) is 0. The first kappa shape index (κ1) is 24.7. The fourth-order valence-corrected chi connectivity index (χ4v) is 6.38. The van der Waals surface area contributed by atoms with Crippen LogP contribution in [0.3, 0.4) is 0 Å². The molecule has 0 unspecified atom stereocenters. The molecule has 0 saturated carbocycles. The number of nitrogens with zero attached hydrogens (tertiary/aromatic N) is 10. The molecular formula is C36H20N10. The molecule has 0 saturated heterocycles. The van der Waals surface area contributed by atoms with Crippen molar-refractivity contribution in [2.24, 2.45) is 0 Å². The molecule has 8 heterocycles. The summed E-state index contributed by atoms with van der Waals surface area (Å²) in [4.78, 5) is 39.2. The molecule has 0 aliphatic carbocycles. The lowest BCUT2D eigenvalue weighted by Gasteiger charge is -2.11. The Morgan fingerprint density at radius 3 is 1.67 bits per heavy atom. The van der Waals surface area contributed by atoms with Crippen LogP contribution in [0.1, 0.15) is 0 Å². The van der Waals surface area contributed by atoms with Gasteiger partial charge in [-0.2, -0.15) is 15.0 Å². The van der Waals surface area contributed by atoms with Crippen LogP contribution >= 0.6 is 0 Å². The minimum absolute atomic E-state index is 0.372. The van der Waals surface area contributed by atoms with Crippen LogP contribution in [0.4, 0.5) is 0 Å². The number of aromatic nitrogens is 10. The van der Waals surface area contributed by atoms with Gasteiger partial charge in [0.25, 0.3) is 0 Å². The average Bonchev–Trinajstić information content (AvgIpc) is 3.64. The molecule has 0 radical (unpaired) electrons. The van der Waals surface area contributed by atoms with E-state index in [9.17, 15) is 0 Å². The number of benzene rings is 2. The van der Waals surface area contributed by atoms with Crippen molar-refractivity contribution in [1.82, 2.24) is 49.0 Å². The molecule has 2 aromatic carbocycles. The number of rotatable bonds is 3. The van der Waals surface area contributed by atoms with Gasteiger partial charge in [0.15, 0.2) is 5.82 Å². The molecule has 10 heteroatoms. The van der Waals surface area contributed by atoms with Gasteiger partial charge in [-0.25, -0.2) is 24.5 Å². The van der Waals surface area contributed by atoms with E-state index < -0.39 is 0 Å². The Hall–Kier alpha value is -6.68. The molecule has 8 aromatic heterocycles. The van der Waals surface area contributed by atoms with E-state index >= 15 is 0 Å². The van der Waals surface area contributed by atoms with Crippen molar-refractivity contribution in [2.45, 2.75) is 0 Å². The molecular weight excluding hydrogens is 572 g/mol. The SMILES string of the molecule is c1cnc2c(c1)ccc1ccc(-c3nc(-n4c5ccccc5c5cccnc54)nc(-n4c5ncccc5c5cccnc54)n3)nc12. The monoisotopic (exact) mass is 592 g/mol. The van der Waals surface area contributed by atoms with Gasteiger partial charge in [-0.05, 0) is 54.6 Å². The number of hydrogen-bond acceptors (Lipinski definition) is 8. The number of hydrogen-bond donors (Lipinski definition) is 0. The van der Waals surface area contributed by atoms with Crippen LogP contribution in [0.15, 0.2) is 122 Å². The van der Waals surface area contributed by atoms with Gasteiger partial charge in [-0.15, -0.1) is 0 Å². The van der Waals surface area contributed by atoms with Crippen molar-refractivity contribution >= 4 is 65.8 Å². The van der Waals surface area contributed by atoms with Crippen LogP contribution < -0.4 is 0 Å². The van der Waals surface area contributed by atoms with Crippen LogP contribution in [-0.4, -0.2) is 49.0 Å². The summed E-state index contributed by atoms with van der Waals surface area (Å²) in [5.41, 5.74) is 5.25. The van der Waals surface area contributed by atoms with Gasteiger partial charge in [0.2, 0.25) is 11.9 Å². The summed E-state index contributed by atoms with van der Waals surface area (Å²) < 4.78 is 3.87.